The largest absolute Gasteiger partial charge is 0.459 e. The molecule has 0 fully saturated rings. The van der Waals surface area contributed by atoms with Crippen molar-refractivity contribution in [2.75, 3.05) is 5.32 Å². The van der Waals surface area contributed by atoms with Crippen molar-refractivity contribution >= 4 is 22.8 Å². The molecule has 0 spiro atoms. The molecule has 0 saturated carbocycles. The van der Waals surface area contributed by atoms with Crippen LogP contribution in [0.5, 0.6) is 0 Å². The first-order valence-electron chi connectivity index (χ1n) is 9.33. The van der Waals surface area contributed by atoms with Crippen LogP contribution in [0, 0.1) is 6.92 Å². The molecule has 7 heteroatoms. The highest BCUT2D eigenvalue weighted by molar-refractivity contribution is 6.12. The molecule has 1 amide bonds. The lowest BCUT2D eigenvalue weighted by Crippen LogP contribution is -2.13. The van der Waals surface area contributed by atoms with Gasteiger partial charge in [-0.25, -0.2) is 4.98 Å². The van der Waals surface area contributed by atoms with Crippen molar-refractivity contribution in [1.82, 2.24) is 15.2 Å². The van der Waals surface area contributed by atoms with E-state index in [0.29, 0.717) is 17.0 Å². The van der Waals surface area contributed by atoms with Gasteiger partial charge in [0.2, 0.25) is 0 Å². The normalized spacial score (nSPS) is 11.0. The average molecular weight is 396 g/mol. The zero-order valence-electron chi connectivity index (χ0n) is 16.0. The van der Waals surface area contributed by atoms with Crippen LogP contribution in [0.2, 0.25) is 0 Å². The first-order chi connectivity index (χ1) is 14.7. The predicted octanol–water partition coefficient (Wildman–Crippen LogP) is 5.11. The standard InChI is InChI=1S/C23H16N4O3/c1-14-8-10-15(11-9-14)19-13-17(16-5-2-3-6-18(16)24-19)21(28)25-23-27-26-22(30-23)20-7-4-12-29-20/h2-13H,1H3,(H,25,27,28). The van der Waals surface area contributed by atoms with Gasteiger partial charge < -0.3 is 8.83 Å². The second-order valence-electron chi connectivity index (χ2n) is 6.78. The smallest absolute Gasteiger partial charge is 0.322 e. The van der Waals surface area contributed by atoms with Crippen molar-refractivity contribution in [1.29, 1.82) is 0 Å². The molecule has 2 aromatic carbocycles. The van der Waals surface area contributed by atoms with Gasteiger partial charge in [0.05, 0.1) is 23.0 Å². The van der Waals surface area contributed by atoms with Crippen molar-refractivity contribution in [3.8, 4) is 22.9 Å². The number of hydrogen-bond donors (Lipinski definition) is 1. The fourth-order valence-corrected chi connectivity index (χ4v) is 3.17. The van der Waals surface area contributed by atoms with E-state index < -0.39 is 0 Å². The molecule has 146 valence electrons. The summed E-state index contributed by atoms with van der Waals surface area (Å²) >= 11 is 0. The quantitative estimate of drug-likeness (QED) is 0.454. The molecule has 3 aromatic heterocycles. The molecular weight excluding hydrogens is 380 g/mol. The molecule has 0 atom stereocenters. The number of fused-ring (bicyclic) bond motifs is 1. The SMILES string of the molecule is Cc1ccc(-c2cc(C(=O)Nc3nnc(-c4ccco4)o3)c3ccccc3n2)cc1. The van der Waals surface area contributed by atoms with Crippen LogP contribution in [0.25, 0.3) is 33.8 Å². The number of para-hydroxylation sites is 1. The van der Waals surface area contributed by atoms with Gasteiger partial charge >= 0.3 is 6.01 Å². The molecule has 0 radical (unpaired) electrons. The molecule has 0 aliphatic rings. The number of nitrogens with one attached hydrogen (secondary N) is 1. The first-order valence-corrected chi connectivity index (χ1v) is 9.33. The Kier molecular flexibility index (Phi) is 4.33. The van der Waals surface area contributed by atoms with E-state index in [4.69, 9.17) is 13.8 Å². The van der Waals surface area contributed by atoms with Crippen LogP contribution in [0.3, 0.4) is 0 Å². The maximum Gasteiger partial charge on any atom is 0.322 e. The maximum absolute atomic E-state index is 13.1. The van der Waals surface area contributed by atoms with Crippen LogP contribution in [0.1, 0.15) is 15.9 Å². The van der Waals surface area contributed by atoms with Gasteiger partial charge in [-0.15, -0.1) is 5.10 Å². The van der Waals surface area contributed by atoms with Crippen LogP contribution < -0.4 is 5.32 Å². The Labute approximate surface area is 171 Å². The third-order valence-electron chi connectivity index (χ3n) is 4.69. The third-order valence-corrected chi connectivity index (χ3v) is 4.69. The lowest BCUT2D eigenvalue weighted by atomic mass is 10.0. The number of furan rings is 1. The predicted molar refractivity (Wildman–Crippen MR) is 112 cm³/mol. The molecular formula is C23H16N4O3. The Morgan fingerprint density at radius 2 is 1.80 bits per heavy atom. The summed E-state index contributed by atoms with van der Waals surface area (Å²) in [6.07, 6.45) is 1.51. The van der Waals surface area contributed by atoms with Gasteiger partial charge in [-0.05, 0) is 31.2 Å². The lowest BCUT2D eigenvalue weighted by molar-refractivity contribution is 0.102. The van der Waals surface area contributed by atoms with Crippen molar-refractivity contribution in [3.05, 3.63) is 84.1 Å². The minimum atomic E-state index is -0.364. The summed E-state index contributed by atoms with van der Waals surface area (Å²) < 4.78 is 10.7. The van der Waals surface area contributed by atoms with E-state index in [-0.39, 0.29) is 17.8 Å². The zero-order chi connectivity index (χ0) is 20.5. The van der Waals surface area contributed by atoms with Crippen LogP contribution in [0.15, 0.2) is 81.8 Å². The maximum atomic E-state index is 13.1. The van der Waals surface area contributed by atoms with Crippen LogP contribution in [0.4, 0.5) is 6.01 Å². The first kappa shape index (κ1) is 17.8. The van der Waals surface area contributed by atoms with Crippen molar-refractivity contribution < 1.29 is 13.6 Å². The van der Waals surface area contributed by atoms with Crippen LogP contribution in [-0.2, 0) is 0 Å². The number of hydrogen-bond acceptors (Lipinski definition) is 6. The van der Waals surface area contributed by atoms with Crippen molar-refractivity contribution in [2.24, 2.45) is 0 Å². The fourth-order valence-electron chi connectivity index (χ4n) is 3.17. The average Bonchev–Trinajstić information content (AvgIpc) is 3.45. The Morgan fingerprint density at radius 3 is 2.60 bits per heavy atom. The Morgan fingerprint density at radius 1 is 0.967 bits per heavy atom. The molecule has 30 heavy (non-hydrogen) atoms. The van der Waals surface area contributed by atoms with E-state index in [1.54, 1.807) is 18.2 Å². The Hall–Kier alpha value is -4.26. The molecule has 0 aliphatic carbocycles. The molecule has 0 bridgehead atoms. The number of carbonyl (C=O) groups is 1. The molecule has 0 saturated heterocycles. The molecule has 5 rings (SSSR count). The summed E-state index contributed by atoms with van der Waals surface area (Å²) in [6, 6.07) is 20.7. The summed E-state index contributed by atoms with van der Waals surface area (Å²) in [7, 11) is 0. The second kappa shape index (κ2) is 7.29. The summed E-state index contributed by atoms with van der Waals surface area (Å²) in [4.78, 5) is 17.8. The number of anilines is 1. The number of nitrogens with zero attached hydrogens (tertiary/aromatic N) is 3. The highest BCUT2D eigenvalue weighted by Gasteiger charge is 2.18. The van der Waals surface area contributed by atoms with E-state index >= 15 is 0 Å². The lowest BCUT2D eigenvalue weighted by Gasteiger charge is -2.09. The number of carbonyl (C=O) groups excluding carboxylic acids is 1. The molecule has 0 aliphatic heterocycles. The van der Waals surface area contributed by atoms with Gasteiger partial charge in [0.1, 0.15) is 0 Å². The summed E-state index contributed by atoms with van der Waals surface area (Å²) in [5, 5.41) is 11.2. The topological polar surface area (TPSA) is 94.1 Å². The monoisotopic (exact) mass is 396 g/mol. The van der Waals surface area contributed by atoms with E-state index in [1.807, 2.05) is 55.5 Å². The van der Waals surface area contributed by atoms with E-state index in [1.165, 1.54) is 6.26 Å². The van der Waals surface area contributed by atoms with Gasteiger partial charge in [0.15, 0.2) is 5.76 Å². The van der Waals surface area contributed by atoms with E-state index in [2.05, 4.69) is 15.5 Å². The minimum absolute atomic E-state index is 0.0100. The second-order valence-corrected chi connectivity index (χ2v) is 6.78. The van der Waals surface area contributed by atoms with E-state index in [9.17, 15) is 4.79 Å². The number of aromatic nitrogens is 3. The third kappa shape index (κ3) is 3.33. The highest BCUT2D eigenvalue weighted by Crippen LogP contribution is 2.26. The van der Waals surface area contributed by atoms with E-state index in [0.717, 1.165) is 22.0 Å². The number of benzene rings is 2. The summed E-state index contributed by atoms with van der Waals surface area (Å²) in [5.41, 5.74) is 3.98. The molecule has 3 heterocycles. The molecule has 1 N–H and O–H groups in total. The van der Waals surface area contributed by atoms with Gasteiger partial charge in [-0.1, -0.05) is 53.1 Å². The van der Waals surface area contributed by atoms with Gasteiger partial charge in [0.25, 0.3) is 11.8 Å². The molecule has 7 nitrogen and oxygen atoms in total. The fraction of sp³-hybridized carbons (Fsp3) is 0.0435. The number of rotatable bonds is 4. The highest BCUT2D eigenvalue weighted by atomic mass is 16.4. The number of aryl methyl sites for hydroxylation is 1. The minimum Gasteiger partial charge on any atom is -0.459 e. The number of pyridine rings is 1. The van der Waals surface area contributed by atoms with Crippen molar-refractivity contribution in [2.45, 2.75) is 6.92 Å². The summed E-state index contributed by atoms with van der Waals surface area (Å²) in [5.74, 6) is 0.255. The Balaban J connectivity index is 1.52. The molecule has 0 unspecified atom stereocenters. The van der Waals surface area contributed by atoms with Crippen molar-refractivity contribution in [3.63, 3.8) is 0 Å². The zero-order valence-corrected chi connectivity index (χ0v) is 16.0. The summed E-state index contributed by atoms with van der Waals surface area (Å²) in [6.45, 7) is 2.03. The van der Waals surface area contributed by atoms with Crippen LogP contribution in [-0.4, -0.2) is 21.1 Å². The van der Waals surface area contributed by atoms with Gasteiger partial charge in [-0.2, -0.15) is 0 Å². The molecule has 5 aromatic rings. The Bertz CT molecular complexity index is 1340. The number of amides is 1. The van der Waals surface area contributed by atoms with Gasteiger partial charge in [0, 0.05) is 10.9 Å². The van der Waals surface area contributed by atoms with Crippen LogP contribution >= 0.6 is 0 Å². The van der Waals surface area contributed by atoms with Gasteiger partial charge in [-0.3, -0.25) is 10.1 Å².